The third kappa shape index (κ3) is 3.30. The van der Waals surface area contributed by atoms with Crippen molar-refractivity contribution in [3.05, 3.63) is 68.2 Å². The first-order valence-electron chi connectivity index (χ1n) is 5.30. The summed E-state index contributed by atoms with van der Waals surface area (Å²) < 4.78 is 0. The molecule has 0 bridgehead atoms. The van der Waals surface area contributed by atoms with Crippen LogP contribution in [0.25, 0.3) is 0 Å². The standard InChI is InChI=1S/C13H8Cl2N2O2/c14-11-5-2-6-12(15)13(11)16-8-9-3-1-4-10(7-9)17(18)19/h1-8H. The number of nitro groups is 1. The second-order valence-electron chi connectivity index (χ2n) is 3.68. The predicted molar refractivity (Wildman–Crippen MR) is 76.8 cm³/mol. The Hall–Kier alpha value is -1.91. The molecule has 0 fully saturated rings. The highest BCUT2D eigenvalue weighted by Crippen LogP contribution is 2.32. The lowest BCUT2D eigenvalue weighted by molar-refractivity contribution is -0.384. The molecular formula is C13H8Cl2N2O2. The van der Waals surface area contributed by atoms with E-state index in [0.29, 0.717) is 21.3 Å². The summed E-state index contributed by atoms with van der Waals surface area (Å²) in [6.07, 6.45) is 1.49. The van der Waals surface area contributed by atoms with Crippen LogP contribution in [0.4, 0.5) is 11.4 Å². The minimum atomic E-state index is -0.459. The lowest BCUT2D eigenvalue weighted by Gasteiger charge is -2.00. The van der Waals surface area contributed by atoms with Crippen molar-refractivity contribution in [3.63, 3.8) is 0 Å². The number of benzene rings is 2. The van der Waals surface area contributed by atoms with Crippen molar-refractivity contribution in [1.82, 2.24) is 0 Å². The first kappa shape index (κ1) is 13.5. The summed E-state index contributed by atoms with van der Waals surface area (Å²) in [6.45, 7) is 0. The van der Waals surface area contributed by atoms with Gasteiger partial charge in [0.25, 0.3) is 5.69 Å². The number of rotatable bonds is 3. The molecule has 0 spiro atoms. The Morgan fingerprint density at radius 3 is 2.37 bits per heavy atom. The summed E-state index contributed by atoms with van der Waals surface area (Å²) in [7, 11) is 0. The second-order valence-corrected chi connectivity index (χ2v) is 4.49. The summed E-state index contributed by atoms with van der Waals surface area (Å²) in [5, 5.41) is 11.5. The van der Waals surface area contributed by atoms with Crippen molar-refractivity contribution in [2.75, 3.05) is 0 Å². The van der Waals surface area contributed by atoms with E-state index in [4.69, 9.17) is 23.2 Å². The van der Waals surface area contributed by atoms with Crippen LogP contribution in [0.2, 0.25) is 10.0 Å². The first-order valence-corrected chi connectivity index (χ1v) is 6.06. The van der Waals surface area contributed by atoms with Gasteiger partial charge in [0.05, 0.1) is 15.0 Å². The average molecular weight is 295 g/mol. The fraction of sp³-hybridized carbons (Fsp3) is 0. The third-order valence-electron chi connectivity index (χ3n) is 2.36. The van der Waals surface area contributed by atoms with E-state index in [1.165, 1.54) is 18.3 Å². The van der Waals surface area contributed by atoms with Crippen LogP contribution in [0, 0.1) is 10.1 Å². The Morgan fingerprint density at radius 2 is 1.74 bits per heavy atom. The molecule has 0 unspecified atom stereocenters. The molecule has 0 saturated heterocycles. The molecule has 2 rings (SSSR count). The zero-order valence-electron chi connectivity index (χ0n) is 9.59. The van der Waals surface area contributed by atoms with Crippen molar-refractivity contribution < 1.29 is 4.92 Å². The van der Waals surface area contributed by atoms with Gasteiger partial charge in [0.15, 0.2) is 0 Å². The number of para-hydroxylation sites is 1. The SMILES string of the molecule is O=[N+]([O-])c1cccc(C=Nc2c(Cl)cccc2Cl)c1. The van der Waals surface area contributed by atoms with E-state index in [9.17, 15) is 10.1 Å². The van der Waals surface area contributed by atoms with Gasteiger partial charge in [-0.2, -0.15) is 0 Å². The van der Waals surface area contributed by atoms with Gasteiger partial charge in [0.2, 0.25) is 0 Å². The molecular weight excluding hydrogens is 287 g/mol. The molecule has 0 aromatic heterocycles. The van der Waals surface area contributed by atoms with Crippen LogP contribution in [-0.4, -0.2) is 11.1 Å². The van der Waals surface area contributed by atoms with Crippen molar-refractivity contribution in [1.29, 1.82) is 0 Å². The van der Waals surface area contributed by atoms with E-state index in [1.807, 2.05) is 0 Å². The molecule has 0 aliphatic carbocycles. The number of hydrogen-bond donors (Lipinski definition) is 0. The van der Waals surface area contributed by atoms with Crippen LogP contribution in [0.3, 0.4) is 0 Å². The van der Waals surface area contributed by atoms with Crippen molar-refractivity contribution in [3.8, 4) is 0 Å². The molecule has 0 heterocycles. The van der Waals surface area contributed by atoms with E-state index in [1.54, 1.807) is 30.3 Å². The van der Waals surface area contributed by atoms with Crippen LogP contribution in [0.5, 0.6) is 0 Å². The highest BCUT2D eigenvalue weighted by atomic mass is 35.5. The van der Waals surface area contributed by atoms with Gasteiger partial charge in [-0.1, -0.05) is 41.4 Å². The van der Waals surface area contributed by atoms with Gasteiger partial charge in [-0.05, 0) is 17.7 Å². The van der Waals surface area contributed by atoms with Crippen LogP contribution in [0.1, 0.15) is 5.56 Å². The molecule has 2 aromatic carbocycles. The van der Waals surface area contributed by atoms with Gasteiger partial charge in [-0.3, -0.25) is 15.1 Å². The van der Waals surface area contributed by atoms with Crippen molar-refractivity contribution in [2.45, 2.75) is 0 Å². The van der Waals surface area contributed by atoms with E-state index in [0.717, 1.165) is 0 Å². The van der Waals surface area contributed by atoms with Gasteiger partial charge in [0.1, 0.15) is 5.69 Å². The molecule has 0 aliphatic rings. The number of nitrogens with zero attached hydrogens (tertiary/aromatic N) is 2. The van der Waals surface area contributed by atoms with Gasteiger partial charge in [0, 0.05) is 18.3 Å². The van der Waals surface area contributed by atoms with Crippen LogP contribution in [0.15, 0.2) is 47.5 Å². The Bertz CT molecular complexity index is 637. The van der Waals surface area contributed by atoms with Crippen LogP contribution < -0.4 is 0 Å². The fourth-order valence-electron chi connectivity index (χ4n) is 1.47. The fourth-order valence-corrected chi connectivity index (χ4v) is 1.97. The topological polar surface area (TPSA) is 55.5 Å². The maximum atomic E-state index is 10.7. The molecule has 4 nitrogen and oxygen atoms in total. The Balaban J connectivity index is 2.33. The van der Waals surface area contributed by atoms with E-state index in [2.05, 4.69) is 4.99 Å². The van der Waals surface area contributed by atoms with E-state index in [-0.39, 0.29) is 5.69 Å². The summed E-state index contributed by atoms with van der Waals surface area (Å²) in [5.41, 5.74) is 1.05. The summed E-state index contributed by atoms with van der Waals surface area (Å²) >= 11 is 11.9. The molecule has 19 heavy (non-hydrogen) atoms. The second kappa shape index (κ2) is 5.82. The zero-order chi connectivity index (χ0) is 13.8. The molecule has 0 radical (unpaired) electrons. The average Bonchev–Trinajstić information content (AvgIpc) is 2.38. The summed E-state index contributed by atoms with van der Waals surface area (Å²) in [4.78, 5) is 14.4. The monoisotopic (exact) mass is 294 g/mol. The van der Waals surface area contributed by atoms with Gasteiger partial charge < -0.3 is 0 Å². The molecule has 0 N–H and O–H groups in total. The Labute approximate surface area is 119 Å². The Kier molecular flexibility index (Phi) is 4.14. The minimum Gasteiger partial charge on any atom is -0.258 e. The highest BCUT2D eigenvalue weighted by molar-refractivity contribution is 6.38. The number of aliphatic imine (C=N–C) groups is 1. The quantitative estimate of drug-likeness (QED) is 0.470. The van der Waals surface area contributed by atoms with Gasteiger partial charge >= 0.3 is 0 Å². The van der Waals surface area contributed by atoms with Crippen LogP contribution in [-0.2, 0) is 0 Å². The number of halogens is 2. The normalized spacial score (nSPS) is 10.8. The van der Waals surface area contributed by atoms with Crippen molar-refractivity contribution >= 4 is 40.8 Å². The summed E-state index contributed by atoms with van der Waals surface area (Å²) in [6, 6.07) is 11.2. The lowest BCUT2D eigenvalue weighted by atomic mass is 10.2. The summed E-state index contributed by atoms with van der Waals surface area (Å²) in [5.74, 6) is 0. The molecule has 0 atom stereocenters. The largest absolute Gasteiger partial charge is 0.270 e. The van der Waals surface area contributed by atoms with Crippen LogP contribution >= 0.6 is 23.2 Å². The molecule has 96 valence electrons. The molecule has 0 aliphatic heterocycles. The maximum Gasteiger partial charge on any atom is 0.270 e. The molecule has 2 aromatic rings. The minimum absolute atomic E-state index is 0.00852. The third-order valence-corrected chi connectivity index (χ3v) is 2.97. The van der Waals surface area contributed by atoms with Crippen molar-refractivity contribution in [2.24, 2.45) is 4.99 Å². The maximum absolute atomic E-state index is 10.7. The number of non-ortho nitro benzene ring substituents is 1. The van der Waals surface area contributed by atoms with E-state index < -0.39 is 4.92 Å². The molecule has 0 saturated carbocycles. The lowest BCUT2D eigenvalue weighted by Crippen LogP contribution is -1.89. The zero-order valence-corrected chi connectivity index (χ0v) is 11.1. The first-order chi connectivity index (χ1) is 9.08. The smallest absolute Gasteiger partial charge is 0.258 e. The van der Waals surface area contributed by atoms with E-state index >= 15 is 0 Å². The molecule has 0 amide bonds. The predicted octanol–water partition coefficient (Wildman–Crippen LogP) is 4.65. The molecule has 6 heteroatoms. The highest BCUT2D eigenvalue weighted by Gasteiger charge is 2.05. The number of hydrogen-bond acceptors (Lipinski definition) is 3. The van der Waals surface area contributed by atoms with Gasteiger partial charge in [-0.15, -0.1) is 0 Å². The number of nitro benzene ring substituents is 1. The Morgan fingerprint density at radius 1 is 1.11 bits per heavy atom. The van der Waals surface area contributed by atoms with Gasteiger partial charge in [-0.25, -0.2) is 0 Å².